The summed E-state index contributed by atoms with van der Waals surface area (Å²) in [5.74, 6) is 0.768. The lowest BCUT2D eigenvalue weighted by Crippen LogP contribution is -2.13. The first-order valence-electron chi connectivity index (χ1n) is 14.1. The van der Waals surface area contributed by atoms with Crippen LogP contribution in [-0.2, 0) is 12.8 Å². The third-order valence-corrected chi connectivity index (χ3v) is 7.34. The molecule has 0 saturated carbocycles. The van der Waals surface area contributed by atoms with Crippen LogP contribution in [0.2, 0.25) is 0 Å². The largest absolute Gasteiger partial charge is 0.0952 e. The lowest BCUT2D eigenvalue weighted by molar-refractivity contribution is 0.405. The molecule has 0 heteroatoms. The Bertz CT molecular complexity index is 1150. The summed E-state index contributed by atoms with van der Waals surface area (Å²) in [5, 5.41) is 0. The van der Waals surface area contributed by atoms with Crippen molar-refractivity contribution in [3.8, 4) is 0 Å². The molecule has 2 atom stereocenters. The molecule has 198 valence electrons. The Labute approximate surface area is 228 Å². The van der Waals surface area contributed by atoms with Crippen molar-refractivity contribution >= 4 is 11.1 Å². The van der Waals surface area contributed by atoms with Gasteiger partial charge >= 0.3 is 0 Å². The molecule has 2 aromatic carbocycles. The van der Waals surface area contributed by atoms with Crippen molar-refractivity contribution in [2.75, 3.05) is 0 Å². The van der Waals surface area contributed by atoms with Crippen LogP contribution in [0.1, 0.15) is 109 Å². The zero-order chi connectivity index (χ0) is 27.5. The molecule has 1 aliphatic rings. The molecular weight excluding hydrogens is 444 g/mol. The lowest BCUT2D eigenvalue weighted by atomic mass is 9.80. The fourth-order valence-electron chi connectivity index (χ4n) is 5.63. The summed E-state index contributed by atoms with van der Waals surface area (Å²) in [5.41, 5.74) is 12.6. The van der Waals surface area contributed by atoms with Gasteiger partial charge in [-0.25, -0.2) is 0 Å². The molecule has 1 unspecified atom stereocenters. The van der Waals surface area contributed by atoms with Crippen LogP contribution in [0.3, 0.4) is 0 Å². The van der Waals surface area contributed by atoms with Gasteiger partial charge in [0.25, 0.3) is 0 Å². The molecule has 3 rings (SSSR count). The van der Waals surface area contributed by atoms with Crippen molar-refractivity contribution < 1.29 is 0 Å². The molecule has 0 radical (unpaired) electrons. The fraction of sp³-hybridized carbons (Fsp3) is 0.459. The molecule has 0 saturated heterocycles. The van der Waals surface area contributed by atoms with E-state index in [0.29, 0.717) is 11.8 Å². The Kier molecular flexibility index (Phi) is 8.94. The molecule has 0 heterocycles. The van der Waals surface area contributed by atoms with E-state index in [9.17, 15) is 0 Å². The molecule has 0 amide bonds. The molecule has 0 N–H and O–H groups in total. The van der Waals surface area contributed by atoms with Gasteiger partial charge < -0.3 is 0 Å². The van der Waals surface area contributed by atoms with Crippen LogP contribution in [0.25, 0.3) is 11.1 Å². The standard InChI is InChI=1S/C37H50/c1-12-26(3)31-13-15-32(16-14-31)35-18-25(2)17-34(35)28(5)19-27(4)33-21-29(23-36(6,7)8)20-30(22-33)24-37(9,10)11/h13-18,20-22,28,35H,3-4,12,19,23-24H2,1-2,5-11H3/t28-,35?/m1/s1. The van der Waals surface area contributed by atoms with Gasteiger partial charge in [0.05, 0.1) is 0 Å². The highest BCUT2D eigenvalue weighted by Gasteiger charge is 2.25. The van der Waals surface area contributed by atoms with E-state index in [0.717, 1.165) is 25.7 Å². The smallest absolute Gasteiger partial charge is 0.0239 e. The van der Waals surface area contributed by atoms with Crippen molar-refractivity contribution in [2.45, 2.75) is 93.9 Å². The average molecular weight is 495 g/mol. The van der Waals surface area contributed by atoms with Gasteiger partial charge in [-0.3, -0.25) is 0 Å². The predicted octanol–water partition coefficient (Wildman–Crippen LogP) is 11.0. The predicted molar refractivity (Wildman–Crippen MR) is 166 cm³/mol. The first-order valence-corrected chi connectivity index (χ1v) is 14.1. The van der Waals surface area contributed by atoms with Crippen molar-refractivity contribution in [3.05, 3.63) is 107 Å². The average Bonchev–Trinajstić information content (AvgIpc) is 3.18. The van der Waals surface area contributed by atoms with Crippen molar-refractivity contribution in [2.24, 2.45) is 16.7 Å². The van der Waals surface area contributed by atoms with Crippen LogP contribution in [0.5, 0.6) is 0 Å². The molecule has 0 nitrogen and oxygen atoms in total. The van der Waals surface area contributed by atoms with E-state index in [4.69, 9.17) is 0 Å². The Morgan fingerprint density at radius 3 is 1.84 bits per heavy atom. The summed E-state index contributed by atoms with van der Waals surface area (Å²) >= 11 is 0. The van der Waals surface area contributed by atoms with Crippen LogP contribution in [0.15, 0.2) is 78.9 Å². The minimum Gasteiger partial charge on any atom is -0.0952 e. The first-order chi connectivity index (χ1) is 17.1. The van der Waals surface area contributed by atoms with Crippen LogP contribution in [0, 0.1) is 16.7 Å². The molecular formula is C37H50. The summed E-state index contributed by atoms with van der Waals surface area (Å²) in [7, 11) is 0. The molecule has 0 aliphatic heterocycles. The van der Waals surface area contributed by atoms with Crippen LogP contribution < -0.4 is 0 Å². The number of hydrogen-bond donors (Lipinski definition) is 0. The highest BCUT2D eigenvalue weighted by atomic mass is 14.3. The van der Waals surface area contributed by atoms with Crippen molar-refractivity contribution in [3.63, 3.8) is 0 Å². The molecule has 0 fully saturated rings. The fourth-order valence-corrected chi connectivity index (χ4v) is 5.63. The van der Waals surface area contributed by atoms with E-state index < -0.39 is 0 Å². The Morgan fingerprint density at radius 1 is 0.811 bits per heavy atom. The third-order valence-electron chi connectivity index (χ3n) is 7.34. The summed E-state index contributed by atoms with van der Waals surface area (Å²) in [6.07, 6.45) is 8.95. The number of rotatable bonds is 9. The second-order valence-electron chi connectivity index (χ2n) is 13.8. The normalized spacial score (nSPS) is 16.8. The van der Waals surface area contributed by atoms with E-state index in [1.54, 1.807) is 0 Å². The van der Waals surface area contributed by atoms with Gasteiger partial charge in [0.15, 0.2) is 0 Å². The maximum atomic E-state index is 4.61. The second kappa shape index (κ2) is 11.4. The Morgan fingerprint density at radius 2 is 1.35 bits per heavy atom. The second-order valence-corrected chi connectivity index (χ2v) is 13.8. The number of benzene rings is 2. The van der Waals surface area contributed by atoms with Gasteiger partial charge in [-0.2, -0.15) is 0 Å². The van der Waals surface area contributed by atoms with Crippen LogP contribution in [-0.4, -0.2) is 0 Å². The Hall–Kier alpha value is -2.60. The first kappa shape index (κ1) is 29.0. The maximum Gasteiger partial charge on any atom is 0.0239 e. The van der Waals surface area contributed by atoms with Gasteiger partial charge in [0.2, 0.25) is 0 Å². The van der Waals surface area contributed by atoms with Gasteiger partial charge in [0, 0.05) is 5.92 Å². The molecule has 0 aromatic heterocycles. The van der Waals surface area contributed by atoms with Crippen LogP contribution in [0.4, 0.5) is 0 Å². The molecule has 2 aromatic rings. The quantitative estimate of drug-likeness (QED) is 0.325. The number of allylic oxidation sites excluding steroid dienone is 6. The Balaban J connectivity index is 1.83. The monoisotopic (exact) mass is 494 g/mol. The number of hydrogen-bond acceptors (Lipinski definition) is 0. The topological polar surface area (TPSA) is 0 Å². The summed E-state index contributed by atoms with van der Waals surface area (Å²) < 4.78 is 0. The van der Waals surface area contributed by atoms with Crippen molar-refractivity contribution in [1.29, 1.82) is 0 Å². The molecule has 37 heavy (non-hydrogen) atoms. The minimum atomic E-state index is 0.260. The highest BCUT2D eigenvalue weighted by molar-refractivity contribution is 5.66. The summed E-state index contributed by atoms with van der Waals surface area (Å²) in [6, 6.07) is 16.3. The van der Waals surface area contributed by atoms with Gasteiger partial charge in [-0.05, 0) is 88.3 Å². The lowest BCUT2D eigenvalue weighted by Gasteiger charge is -2.24. The van der Waals surface area contributed by atoms with E-state index in [1.165, 1.54) is 50.1 Å². The SMILES string of the molecule is C=C(CC)c1ccc(C2C=C(C)C=C2[C@H](C)CC(=C)c2cc(CC(C)(C)C)cc(CC(C)(C)C)c2)cc1. The van der Waals surface area contributed by atoms with E-state index in [-0.39, 0.29) is 10.8 Å². The van der Waals surface area contributed by atoms with Crippen LogP contribution >= 0.6 is 0 Å². The zero-order valence-electron chi connectivity index (χ0n) is 25.1. The van der Waals surface area contributed by atoms with Gasteiger partial charge in [-0.1, -0.05) is 134 Å². The highest BCUT2D eigenvalue weighted by Crippen LogP contribution is 2.41. The van der Waals surface area contributed by atoms with Gasteiger partial charge in [-0.15, -0.1) is 0 Å². The molecule has 1 aliphatic carbocycles. The van der Waals surface area contributed by atoms with E-state index >= 15 is 0 Å². The summed E-state index contributed by atoms with van der Waals surface area (Å²) in [6.45, 7) is 29.5. The minimum absolute atomic E-state index is 0.260. The molecule has 0 spiro atoms. The van der Waals surface area contributed by atoms with E-state index in [1.807, 2.05) is 0 Å². The van der Waals surface area contributed by atoms with E-state index in [2.05, 4.69) is 130 Å². The maximum absolute atomic E-state index is 4.61. The summed E-state index contributed by atoms with van der Waals surface area (Å²) in [4.78, 5) is 0. The molecule has 0 bridgehead atoms. The van der Waals surface area contributed by atoms with Crippen molar-refractivity contribution in [1.82, 2.24) is 0 Å². The van der Waals surface area contributed by atoms with Gasteiger partial charge in [0.1, 0.15) is 0 Å². The third kappa shape index (κ3) is 8.19. The zero-order valence-corrected chi connectivity index (χ0v) is 25.1.